The summed E-state index contributed by atoms with van der Waals surface area (Å²) in [4.78, 5) is 11.9. The van der Waals surface area contributed by atoms with Crippen LogP contribution in [0.4, 0.5) is 0 Å². The zero-order chi connectivity index (χ0) is 15.9. The van der Waals surface area contributed by atoms with Gasteiger partial charge in [0, 0.05) is 25.2 Å². The van der Waals surface area contributed by atoms with Crippen LogP contribution in [-0.2, 0) is 16.0 Å². The van der Waals surface area contributed by atoms with Gasteiger partial charge in [0.15, 0.2) is 0 Å². The van der Waals surface area contributed by atoms with E-state index in [-0.39, 0.29) is 29.8 Å². The Hall–Kier alpha value is -0.810. The fraction of sp³-hybridized carbons (Fsp3) is 0.562. The van der Waals surface area contributed by atoms with Crippen LogP contribution in [-0.4, -0.2) is 32.2 Å². The number of nitrogens with two attached hydrogens (primary N) is 1. The van der Waals surface area contributed by atoms with Gasteiger partial charge in [-0.25, -0.2) is 0 Å². The van der Waals surface area contributed by atoms with E-state index in [4.69, 9.17) is 22.1 Å². The van der Waals surface area contributed by atoms with Gasteiger partial charge >= 0.3 is 0 Å². The minimum absolute atomic E-state index is 0. The molecule has 0 fully saturated rings. The molecule has 0 aromatic heterocycles. The average Bonchev–Trinajstić information content (AvgIpc) is 2.42. The standard InChI is InChI=1S/C16H25ClN2O2.ClH/c1-16(2,9-12-5-4-6-13(17)7-12)11-19-15(20)8-14(10-18)21-3;/h4-7,14H,8-11,18H2,1-3H3,(H,19,20);1H. The Morgan fingerprint density at radius 1 is 1.45 bits per heavy atom. The van der Waals surface area contributed by atoms with Crippen LogP contribution < -0.4 is 11.1 Å². The fourth-order valence-corrected chi connectivity index (χ4v) is 2.35. The maximum absolute atomic E-state index is 11.9. The Bertz CT molecular complexity index is 463. The normalized spacial score (nSPS) is 12.4. The van der Waals surface area contributed by atoms with Crippen molar-refractivity contribution in [2.45, 2.75) is 32.8 Å². The summed E-state index contributed by atoms with van der Waals surface area (Å²) in [6.07, 6.45) is 0.916. The number of nitrogens with one attached hydrogen (secondary N) is 1. The zero-order valence-corrected chi connectivity index (χ0v) is 15.0. The number of methoxy groups -OCH3 is 1. The summed E-state index contributed by atoms with van der Waals surface area (Å²) in [5, 5.41) is 3.68. The van der Waals surface area contributed by atoms with E-state index in [1.165, 1.54) is 5.56 Å². The summed E-state index contributed by atoms with van der Waals surface area (Å²) in [6, 6.07) is 7.81. The first-order valence-electron chi connectivity index (χ1n) is 7.10. The van der Waals surface area contributed by atoms with E-state index < -0.39 is 0 Å². The van der Waals surface area contributed by atoms with Gasteiger partial charge in [0.05, 0.1) is 12.5 Å². The van der Waals surface area contributed by atoms with Crippen LogP contribution in [0.25, 0.3) is 0 Å². The summed E-state index contributed by atoms with van der Waals surface area (Å²) in [5.41, 5.74) is 6.63. The molecule has 6 heteroatoms. The van der Waals surface area contributed by atoms with Gasteiger partial charge in [-0.15, -0.1) is 12.4 Å². The highest BCUT2D eigenvalue weighted by Gasteiger charge is 2.20. The molecule has 22 heavy (non-hydrogen) atoms. The largest absolute Gasteiger partial charge is 0.380 e. The van der Waals surface area contributed by atoms with Crippen molar-refractivity contribution in [2.75, 3.05) is 20.2 Å². The Balaban J connectivity index is 0.00000441. The van der Waals surface area contributed by atoms with E-state index in [1.54, 1.807) is 7.11 Å². The number of hydrogen-bond acceptors (Lipinski definition) is 3. The van der Waals surface area contributed by atoms with Gasteiger partial charge in [0.1, 0.15) is 0 Å². The number of hydrogen-bond donors (Lipinski definition) is 2. The minimum Gasteiger partial charge on any atom is -0.380 e. The second kappa shape index (κ2) is 10.1. The van der Waals surface area contributed by atoms with Crippen molar-refractivity contribution in [2.24, 2.45) is 11.1 Å². The molecule has 1 aromatic rings. The fourth-order valence-electron chi connectivity index (χ4n) is 2.14. The number of ether oxygens (including phenoxy) is 1. The lowest BCUT2D eigenvalue weighted by molar-refractivity contribution is -0.123. The maximum atomic E-state index is 11.9. The summed E-state index contributed by atoms with van der Waals surface area (Å²) in [6.45, 7) is 5.17. The van der Waals surface area contributed by atoms with Gasteiger partial charge in [0.2, 0.25) is 5.91 Å². The topological polar surface area (TPSA) is 64.3 Å². The van der Waals surface area contributed by atoms with Crippen molar-refractivity contribution in [3.63, 3.8) is 0 Å². The molecule has 3 N–H and O–H groups in total. The Morgan fingerprint density at radius 3 is 2.68 bits per heavy atom. The lowest BCUT2D eigenvalue weighted by Gasteiger charge is -2.25. The third-order valence-electron chi connectivity index (χ3n) is 3.35. The smallest absolute Gasteiger partial charge is 0.222 e. The lowest BCUT2D eigenvalue weighted by atomic mass is 9.85. The molecule has 126 valence electrons. The molecular weight excluding hydrogens is 323 g/mol. The third-order valence-corrected chi connectivity index (χ3v) is 3.58. The Labute approximate surface area is 144 Å². The first-order valence-corrected chi connectivity index (χ1v) is 7.48. The highest BCUT2D eigenvalue weighted by atomic mass is 35.5. The molecule has 0 spiro atoms. The molecule has 0 aliphatic carbocycles. The molecule has 1 atom stereocenters. The number of rotatable bonds is 8. The lowest BCUT2D eigenvalue weighted by Crippen LogP contribution is -2.38. The highest BCUT2D eigenvalue weighted by molar-refractivity contribution is 6.30. The molecule has 0 saturated carbocycles. The highest BCUT2D eigenvalue weighted by Crippen LogP contribution is 2.22. The molecule has 1 rings (SSSR count). The molecular formula is C16H26Cl2N2O2. The van der Waals surface area contributed by atoms with Crippen LogP contribution in [0.5, 0.6) is 0 Å². The van der Waals surface area contributed by atoms with Gasteiger partial charge in [0.25, 0.3) is 0 Å². The number of carbonyl (C=O) groups is 1. The summed E-state index contributed by atoms with van der Waals surface area (Å²) < 4.78 is 5.11. The average molecular weight is 349 g/mol. The van der Waals surface area contributed by atoms with Crippen molar-refractivity contribution in [1.82, 2.24) is 5.32 Å². The van der Waals surface area contributed by atoms with E-state index in [9.17, 15) is 4.79 Å². The van der Waals surface area contributed by atoms with Crippen molar-refractivity contribution in [3.8, 4) is 0 Å². The molecule has 1 aromatic carbocycles. The second-order valence-corrected chi connectivity index (χ2v) is 6.48. The van der Waals surface area contributed by atoms with Gasteiger partial charge in [-0.3, -0.25) is 4.79 Å². The van der Waals surface area contributed by atoms with E-state index in [0.29, 0.717) is 19.5 Å². The van der Waals surface area contributed by atoms with Crippen LogP contribution in [0.15, 0.2) is 24.3 Å². The summed E-state index contributed by atoms with van der Waals surface area (Å²) in [7, 11) is 1.56. The van der Waals surface area contributed by atoms with Gasteiger partial charge in [-0.1, -0.05) is 37.6 Å². The molecule has 0 bridgehead atoms. The molecule has 1 amide bonds. The predicted molar refractivity (Wildman–Crippen MR) is 93.7 cm³/mol. The van der Waals surface area contributed by atoms with Gasteiger partial charge in [-0.2, -0.15) is 0 Å². The minimum atomic E-state index is -0.221. The molecule has 0 radical (unpaired) electrons. The van der Waals surface area contributed by atoms with E-state index in [1.807, 2.05) is 24.3 Å². The number of carbonyl (C=O) groups excluding carboxylic acids is 1. The maximum Gasteiger partial charge on any atom is 0.222 e. The van der Waals surface area contributed by atoms with Crippen LogP contribution >= 0.6 is 24.0 Å². The molecule has 1 unspecified atom stereocenters. The molecule has 4 nitrogen and oxygen atoms in total. The van der Waals surface area contributed by atoms with E-state index in [2.05, 4.69) is 19.2 Å². The van der Waals surface area contributed by atoms with Crippen molar-refractivity contribution in [3.05, 3.63) is 34.9 Å². The molecule has 0 saturated heterocycles. The first-order chi connectivity index (χ1) is 9.86. The predicted octanol–water partition coefficient (Wildman–Crippen LogP) is 2.81. The summed E-state index contributed by atoms with van der Waals surface area (Å²) in [5.74, 6) is -0.0357. The molecule has 0 heterocycles. The molecule has 0 aliphatic rings. The quantitative estimate of drug-likeness (QED) is 0.759. The van der Waals surface area contributed by atoms with Crippen LogP contribution in [0.2, 0.25) is 5.02 Å². The van der Waals surface area contributed by atoms with Crippen molar-refractivity contribution < 1.29 is 9.53 Å². The SMILES string of the molecule is COC(CN)CC(=O)NCC(C)(C)Cc1cccc(Cl)c1.Cl. The Morgan fingerprint density at radius 2 is 2.14 bits per heavy atom. The second-order valence-electron chi connectivity index (χ2n) is 6.05. The van der Waals surface area contributed by atoms with E-state index in [0.717, 1.165) is 11.4 Å². The van der Waals surface area contributed by atoms with Crippen molar-refractivity contribution in [1.29, 1.82) is 0 Å². The van der Waals surface area contributed by atoms with Gasteiger partial charge < -0.3 is 15.8 Å². The monoisotopic (exact) mass is 348 g/mol. The first kappa shape index (κ1) is 21.2. The molecule has 0 aliphatic heterocycles. The third kappa shape index (κ3) is 7.99. The summed E-state index contributed by atoms with van der Waals surface area (Å²) >= 11 is 5.99. The number of halogens is 2. The van der Waals surface area contributed by atoms with Crippen LogP contribution in [0.1, 0.15) is 25.8 Å². The van der Waals surface area contributed by atoms with Crippen LogP contribution in [0, 0.1) is 5.41 Å². The van der Waals surface area contributed by atoms with E-state index >= 15 is 0 Å². The van der Waals surface area contributed by atoms with Crippen molar-refractivity contribution >= 4 is 29.9 Å². The van der Waals surface area contributed by atoms with Crippen LogP contribution in [0.3, 0.4) is 0 Å². The Kier molecular flexibility index (Phi) is 9.69. The van der Waals surface area contributed by atoms with Gasteiger partial charge in [-0.05, 0) is 29.5 Å². The number of amides is 1. The number of benzene rings is 1. The zero-order valence-electron chi connectivity index (χ0n) is 13.4.